The van der Waals surface area contributed by atoms with Gasteiger partial charge in [-0.1, -0.05) is 128 Å². The van der Waals surface area contributed by atoms with Crippen LogP contribution in [0.15, 0.2) is 150 Å². The van der Waals surface area contributed by atoms with Crippen LogP contribution < -0.4 is 0 Å². The standard InChI is InChI=1S/C49H38S2/c1-31-39(15-4-2-11-34-12-3-6-21-47(34)50-31)37-27-35-13-8-17-40(35)45(29-37)32-23-25-33(26-24-32)46-30-38(28-36-14-9-18-41(36)46)42-19-10-20-44-43-16-5-7-22-48(43)51-49(42)44/h2-7,10,12,15-16,19-30H,1,8-9,11,13-14,17-18H2/b4-2-,39-15+. The molecule has 0 fully saturated rings. The summed E-state index contributed by atoms with van der Waals surface area (Å²) in [6.45, 7) is 4.60. The van der Waals surface area contributed by atoms with Crippen molar-refractivity contribution in [2.24, 2.45) is 0 Å². The molecule has 2 heteroatoms. The van der Waals surface area contributed by atoms with Crippen LogP contribution in [-0.2, 0) is 32.1 Å². The molecule has 246 valence electrons. The lowest BCUT2D eigenvalue weighted by molar-refractivity contribution is 0.912. The van der Waals surface area contributed by atoms with E-state index in [2.05, 4.69) is 140 Å². The van der Waals surface area contributed by atoms with Crippen LogP contribution in [0.2, 0.25) is 0 Å². The van der Waals surface area contributed by atoms with E-state index in [4.69, 9.17) is 0 Å². The highest BCUT2D eigenvalue weighted by Crippen LogP contribution is 2.45. The number of allylic oxidation sites excluding steroid dienone is 4. The topological polar surface area (TPSA) is 0 Å². The summed E-state index contributed by atoms with van der Waals surface area (Å²) in [5.74, 6) is 0. The lowest BCUT2D eigenvalue weighted by Crippen LogP contribution is -1.95. The van der Waals surface area contributed by atoms with Crippen LogP contribution in [-0.4, -0.2) is 0 Å². The molecule has 0 saturated carbocycles. The SMILES string of the molecule is C=C1Sc2ccccc2C/C=C\C=C/1c1cc2c(c(-c3ccc(-c4cc(-c5cccc6c5sc5ccccc56)cc5c4CCC5)cc3)c1)CCC2. The fourth-order valence-corrected chi connectivity index (χ4v) is 10.9. The fourth-order valence-electron chi connectivity index (χ4n) is 8.71. The summed E-state index contributed by atoms with van der Waals surface area (Å²) < 4.78 is 2.75. The Labute approximate surface area is 308 Å². The van der Waals surface area contributed by atoms with Gasteiger partial charge in [0.15, 0.2) is 0 Å². The molecule has 0 amide bonds. The Balaban J connectivity index is 1.04. The Hall–Kier alpha value is -4.89. The van der Waals surface area contributed by atoms with Gasteiger partial charge in [0.25, 0.3) is 0 Å². The number of thioether (sulfide) groups is 1. The van der Waals surface area contributed by atoms with Crippen LogP contribution in [0.25, 0.3) is 59.1 Å². The second-order valence-corrected chi connectivity index (χ2v) is 16.4. The van der Waals surface area contributed by atoms with E-state index in [-0.39, 0.29) is 0 Å². The zero-order valence-electron chi connectivity index (χ0n) is 28.7. The Morgan fingerprint density at radius 2 is 1.20 bits per heavy atom. The number of aryl methyl sites for hydroxylation is 2. The number of hydrogen-bond acceptors (Lipinski definition) is 2. The summed E-state index contributed by atoms with van der Waals surface area (Å²) in [4.78, 5) is 2.40. The van der Waals surface area contributed by atoms with Crippen molar-refractivity contribution in [2.45, 2.75) is 49.8 Å². The molecule has 0 nitrogen and oxygen atoms in total. The molecule has 3 aliphatic rings. The zero-order valence-corrected chi connectivity index (χ0v) is 30.3. The first-order chi connectivity index (χ1) is 25.2. The molecule has 6 aromatic carbocycles. The Bertz CT molecular complexity index is 2590. The van der Waals surface area contributed by atoms with Gasteiger partial charge in [-0.15, -0.1) is 11.3 Å². The van der Waals surface area contributed by atoms with E-state index >= 15 is 0 Å². The molecular formula is C49H38S2. The molecule has 0 atom stereocenters. The van der Waals surface area contributed by atoms with Crippen molar-refractivity contribution in [3.8, 4) is 33.4 Å². The highest BCUT2D eigenvalue weighted by Gasteiger charge is 2.22. The van der Waals surface area contributed by atoms with E-state index in [1.54, 1.807) is 11.8 Å². The Morgan fingerprint density at radius 3 is 1.98 bits per heavy atom. The van der Waals surface area contributed by atoms with Crippen molar-refractivity contribution < 1.29 is 0 Å². The lowest BCUT2D eigenvalue weighted by atomic mass is 9.89. The summed E-state index contributed by atoms with van der Waals surface area (Å²) in [6.07, 6.45) is 14.8. The average Bonchev–Trinajstić information content (AvgIpc) is 3.94. The van der Waals surface area contributed by atoms with E-state index in [1.807, 2.05) is 11.3 Å². The fraction of sp³-hybridized carbons (Fsp3) is 0.143. The maximum absolute atomic E-state index is 4.60. The molecule has 2 aliphatic carbocycles. The second-order valence-electron chi connectivity index (χ2n) is 14.2. The van der Waals surface area contributed by atoms with E-state index in [1.165, 1.54) is 110 Å². The molecule has 2 heterocycles. The predicted octanol–water partition coefficient (Wildman–Crippen LogP) is 13.8. The summed E-state index contributed by atoms with van der Waals surface area (Å²) in [5, 5.41) is 2.72. The van der Waals surface area contributed by atoms with E-state index in [0.29, 0.717) is 0 Å². The number of thiophene rings is 1. The van der Waals surface area contributed by atoms with Gasteiger partial charge in [-0.25, -0.2) is 0 Å². The van der Waals surface area contributed by atoms with Crippen molar-refractivity contribution in [2.75, 3.05) is 0 Å². The van der Waals surface area contributed by atoms with Crippen molar-refractivity contribution in [3.05, 3.63) is 178 Å². The van der Waals surface area contributed by atoms with Gasteiger partial charge in [-0.05, 0) is 142 Å². The second kappa shape index (κ2) is 12.7. The molecule has 10 rings (SSSR count). The summed E-state index contributed by atoms with van der Waals surface area (Å²) >= 11 is 3.73. The van der Waals surface area contributed by atoms with Crippen LogP contribution in [0.4, 0.5) is 0 Å². The van der Waals surface area contributed by atoms with E-state index in [9.17, 15) is 0 Å². The quantitative estimate of drug-likeness (QED) is 0.177. The summed E-state index contributed by atoms with van der Waals surface area (Å²) in [5.41, 5.74) is 18.0. The van der Waals surface area contributed by atoms with Crippen molar-refractivity contribution in [3.63, 3.8) is 0 Å². The number of rotatable bonds is 4. The predicted molar refractivity (Wildman–Crippen MR) is 222 cm³/mol. The molecular weight excluding hydrogens is 653 g/mol. The molecule has 0 unspecified atom stereocenters. The lowest BCUT2D eigenvalue weighted by Gasteiger charge is -2.17. The largest absolute Gasteiger partial charge is 0.135 e. The molecule has 0 radical (unpaired) electrons. The van der Waals surface area contributed by atoms with Gasteiger partial charge in [-0.2, -0.15) is 0 Å². The van der Waals surface area contributed by atoms with Crippen LogP contribution in [0.5, 0.6) is 0 Å². The first-order valence-corrected chi connectivity index (χ1v) is 20.0. The maximum atomic E-state index is 4.60. The minimum atomic E-state index is 0.939. The van der Waals surface area contributed by atoms with E-state index in [0.717, 1.165) is 37.0 Å². The highest BCUT2D eigenvalue weighted by molar-refractivity contribution is 8.03. The van der Waals surface area contributed by atoms with Gasteiger partial charge < -0.3 is 0 Å². The van der Waals surface area contributed by atoms with E-state index < -0.39 is 0 Å². The molecule has 0 spiro atoms. The monoisotopic (exact) mass is 690 g/mol. The minimum absolute atomic E-state index is 0.939. The molecule has 0 bridgehead atoms. The van der Waals surface area contributed by atoms with Gasteiger partial charge in [-0.3, -0.25) is 0 Å². The highest BCUT2D eigenvalue weighted by atomic mass is 32.2. The normalized spacial score (nSPS) is 16.9. The third-order valence-corrected chi connectivity index (χ3v) is 13.5. The Kier molecular flexibility index (Phi) is 7.70. The molecule has 0 saturated heterocycles. The van der Waals surface area contributed by atoms with Crippen LogP contribution in [0, 0.1) is 0 Å². The van der Waals surface area contributed by atoms with Gasteiger partial charge >= 0.3 is 0 Å². The third kappa shape index (κ3) is 5.44. The molecule has 1 aliphatic heterocycles. The minimum Gasteiger partial charge on any atom is -0.135 e. The number of fused-ring (bicyclic) bond motifs is 6. The summed E-state index contributed by atoms with van der Waals surface area (Å²) in [7, 11) is 0. The first kappa shape index (κ1) is 30.9. The van der Waals surface area contributed by atoms with Crippen LogP contribution >= 0.6 is 23.1 Å². The summed E-state index contributed by atoms with van der Waals surface area (Å²) in [6, 6.07) is 43.8. The van der Waals surface area contributed by atoms with Crippen molar-refractivity contribution in [1.29, 1.82) is 0 Å². The van der Waals surface area contributed by atoms with Gasteiger partial charge in [0, 0.05) is 30.0 Å². The molecule has 7 aromatic rings. The maximum Gasteiger partial charge on any atom is 0.0433 e. The van der Waals surface area contributed by atoms with Gasteiger partial charge in [0.05, 0.1) is 0 Å². The van der Waals surface area contributed by atoms with Crippen LogP contribution in [0.3, 0.4) is 0 Å². The molecule has 1 aromatic heterocycles. The smallest absolute Gasteiger partial charge is 0.0433 e. The van der Waals surface area contributed by atoms with Crippen molar-refractivity contribution >= 4 is 48.8 Å². The molecule has 51 heavy (non-hydrogen) atoms. The first-order valence-electron chi connectivity index (χ1n) is 18.3. The zero-order chi connectivity index (χ0) is 33.9. The third-order valence-electron chi connectivity index (χ3n) is 11.2. The van der Waals surface area contributed by atoms with Crippen LogP contribution in [0.1, 0.15) is 46.2 Å². The van der Waals surface area contributed by atoms with Gasteiger partial charge in [0.2, 0.25) is 0 Å². The van der Waals surface area contributed by atoms with Gasteiger partial charge in [0.1, 0.15) is 0 Å². The average molecular weight is 691 g/mol. The number of benzene rings is 6. The molecule has 0 N–H and O–H groups in total. The number of hydrogen-bond donors (Lipinski definition) is 0. The Morgan fingerprint density at radius 1 is 0.529 bits per heavy atom. The van der Waals surface area contributed by atoms with Crippen molar-refractivity contribution in [1.82, 2.24) is 0 Å².